The minimum absolute atomic E-state index is 0.622. The molecule has 1 aliphatic rings. The fourth-order valence-corrected chi connectivity index (χ4v) is 2.59. The van der Waals surface area contributed by atoms with E-state index in [4.69, 9.17) is 0 Å². The first kappa shape index (κ1) is 3.66. The van der Waals surface area contributed by atoms with Gasteiger partial charge in [0.25, 0.3) is 0 Å². The monoisotopic (exact) mass is 106 g/mol. The minimum atomic E-state index is 0.622. The summed E-state index contributed by atoms with van der Waals surface area (Å²) in [6, 6.07) is 0. The first-order chi connectivity index (χ1) is 2.30. The van der Waals surface area contributed by atoms with Gasteiger partial charge in [-0.25, -0.2) is 0 Å². The van der Waals surface area contributed by atoms with E-state index in [-0.39, 0.29) is 0 Å². The maximum atomic E-state index is 3.25. The van der Waals surface area contributed by atoms with Gasteiger partial charge in [-0.05, 0) is 16.8 Å². The van der Waals surface area contributed by atoms with Gasteiger partial charge in [-0.1, -0.05) is 19.0 Å². The molecule has 5 heavy (non-hydrogen) atoms. The molecule has 1 aliphatic heterocycles. The lowest BCUT2D eigenvalue weighted by Crippen LogP contribution is -1.28. The summed E-state index contributed by atoms with van der Waals surface area (Å²) in [4.78, 5) is 0. The second-order valence-corrected chi connectivity index (χ2v) is 6.47. The van der Waals surface area contributed by atoms with Crippen molar-refractivity contribution in [3.05, 3.63) is 0 Å². The van der Waals surface area contributed by atoms with Crippen LogP contribution in [0.3, 0.4) is 0 Å². The zero-order chi connectivity index (χ0) is 3.86. The molecule has 0 saturated heterocycles. The Balaban J connectivity index is 2.59. The molecule has 2 unspecified atom stereocenters. The Morgan fingerprint density at radius 1 is 1.20 bits per heavy atom. The van der Waals surface area contributed by atoms with Crippen LogP contribution in [0.5, 0.6) is 0 Å². The highest BCUT2D eigenvalue weighted by atomic mass is 33.2. The Labute approximate surface area is 36.5 Å². The van der Waals surface area contributed by atoms with Crippen LogP contribution in [-0.2, 0) is 0 Å². The smallest absolute Gasteiger partial charge is 0.00602 e. The van der Waals surface area contributed by atoms with Gasteiger partial charge in [0.1, 0.15) is 0 Å². The van der Waals surface area contributed by atoms with E-state index in [1.807, 2.05) is 0 Å². The maximum absolute atomic E-state index is 3.25. The van der Waals surface area contributed by atoms with E-state index in [9.17, 15) is 0 Å². The summed E-state index contributed by atoms with van der Waals surface area (Å²) in [5.41, 5.74) is 0. The van der Waals surface area contributed by atoms with Gasteiger partial charge in [0.2, 0.25) is 0 Å². The molecule has 0 radical (unpaired) electrons. The zero-order valence-corrected chi connectivity index (χ0v) is 4.95. The molecule has 1 rings (SSSR count). The molecule has 30 valence electrons. The Kier molecular flexibility index (Phi) is 0.710. The molecule has 0 aromatic rings. The lowest BCUT2D eigenvalue weighted by molar-refractivity contribution is 2.51. The highest BCUT2D eigenvalue weighted by Gasteiger charge is 1.94. The molecule has 0 aliphatic carbocycles. The predicted octanol–water partition coefficient (Wildman–Crippen LogP) is 1.35. The van der Waals surface area contributed by atoms with Crippen LogP contribution in [0.15, 0.2) is 0 Å². The zero-order valence-electron chi connectivity index (χ0n) is 3.32. The summed E-state index contributed by atoms with van der Waals surface area (Å²) in [7, 11) is 1.24. The summed E-state index contributed by atoms with van der Waals surface area (Å²) >= 11 is 0. The molecular weight excluding hydrogens is 100 g/mol. The second-order valence-electron chi connectivity index (χ2n) is 0.992. The largest absolute Gasteiger partial charge is 0.0797 e. The van der Waals surface area contributed by atoms with Crippen molar-refractivity contribution in [2.24, 2.45) is 0 Å². The van der Waals surface area contributed by atoms with Gasteiger partial charge in [0, 0.05) is 0 Å². The first-order valence-corrected chi connectivity index (χ1v) is 5.17. The molecule has 0 fully saturated rings. The summed E-state index contributed by atoms with van der Waals surface area (Å²) in [6.45, 7) is 0. The van der Waals surface area contributed by atoms with Crippen LogP contribution < -0.4 is 0 Å². The van der Waals surface area contributed by atoms with E-state index in [0.29, 0.717) is 19.0 Å². The second kappa shape index (κ2) is 0.970. The molecule has 0 bridgehead atoms. The van der Waals surface area contributed by atoms with Crippen LogP contribution >= 0.6 is 19.0 Å². The molecule has 2 heteroatoms. The Morgan fingerprint density at radius 2 is 1.40 bits per heavy atom. The van der Waals surface area contributed by atoms with E-state index >= 15 is 0 Å². The van der Waals surface area contributed by atoms with E-state index in [1.54, 1.807) is 0 Å². The highest BCUT2D eigenvalue weighted by Crippen LogP contribution is 2.41. The average Bonchev–Trinajstić information content (AvgIpc) is 1.79. The number of hydrogen-bond acceptors (Lipinski definition) is 0. The van der Waals surface area contributed by atoms with Gasteiger partial charge in [0.05, 0.1) is 0 Å². The Hall–Kier alpha value is 0.480. The van der Waals surface area contributed by atoms with E-state index in [2.05, 4.69) is 16.8 Å². The predicted molar refractivity (Wildman–Crippen MR) is 32.0 cm³/mol. The SMILES string of the molecule is CS1=C=S1C. The standard InChI is InChI=1S/C3H6S2/c1-4-3-5(4)2/h1-2H3. The Morgan fingerprint density at radius 3 is 1.40 bits per heavy atom. The van der Waals surface area contributed by atoms with E-state index < -0.39 is 0 Å². The fourth-order valence-electron chi connectivity index (χ4n) is 0.151. The van der Waals surface area contributed by atoms with Gasteiger partial charge < -0.3 is 0 Å². The van der Waals surface area contributed by atoms with Crippen LogP contribution in [-0.4, -0.2) is 16.8 Å². The molecule has 0 amide bonds. The van der Waals surface area contributed by atoms with Gasteiger partial charge in [-0.15, -0.1) is 0 Å². The van der Waals surface area contributed by atoms with Crippen molar-refractivity contribution in [3.63, 3.8) is 0 Å². The van der Waals surface area contributed by atoms with Gasteiger partial charge in [-0.2, -0.15) is 0 Å². The van der Waals surface area contributed by atoms with Crippen LogP contribution in [0.25, 0.3) is 0 Å². The van der Waals surface area contributed by atoms with Crippen LogP contribution in [0, 0.1) is 0 Å². The van der Waals surface area contributed by atoms with E-state index in [0.717, 1.165) is 0 Å². The average molecular weight is 106 g/mol. The molecule has 0 N–H and O–H groups in total. The van der Waals surface area contributed by atoms with Gasteiger partial charge in [-0.3, -0.25) is 0 Å². The van der Waals surface area contributed by atoms with Crippen LogP contribution in [0.1, 0.15) is 0 Å². The fraction of sp³-hybridized carbons (Fsp3) is 0.667. The number of rotatable bonds is 0. The summed E-state index contributed by atoms with van der Waals surface area (Å²) in [5.74, 6) is 0. The minimum Gasteiger partial charge on any atom is -0.0797 e. The first-order valence-electron chi connectivity index (χ1n) is 1.39. The van der Waals surface area contributed by atoms with E-state index in [1.165, 1.54) is 0 Å². The Bertz CT molecular complexity index is 105. The molecule has 0 saturated carbocycles. The third-order valence-electron chi connectivity index (χ3n) is 0.583. The number of hydrogen-bond donors (Lipinski definition) is 0. The molecule has 0 nitrogen and oxygen atoms in total. The molecule has 0 aromatic carbocycles. The van der Waals surface area contributed by atoms with Gasteiger partial charge in [0.15, 0.2) is 0 Å². The summed E-state index contributed by atoms with van der Waals surface area (Å²) in [6.07, 6.45) is 4.45. The lowest BCUT2D eigenvalue weighted by atomic mass is 11.9. The van der Waals surface area contributed by atoms with Crippen molar-refractivity contribution in [1.29, 1.82) is 0 Å². The van der Waals surface area contributed by atoms with Crippen molar-refractivity contribution in [2.75, 3.05) is 12.5 Å². The molecule has 0 spiro atoms. The quantitative estimate of drug-likeness (QED) is 0.323. The third kappa shape index (κ3) is 0.656. The normalized spacial score (nSPS) is 46.0. The van der Waals surface area contributed by atoms with Crippen molar-refractivity contribution < 1.29 is 0 Å². The summed E-state index contributed by atoms with van der Waals surface area (Å²) < 4.78 is 3.25. The summed E-state index contributed by atoms with van der Waals surface area (Å²) in [5, 5.41) is 0. The molecule has 0 aromatic heterocycles. The molecular formula is C3H6S2. The van der Waals surface area contributed by atoms with Crippen LogP contribution in [0.2, 0.25) is 0 Å². The van der Waals surface area contributed by atoms with Crippen molar-refractivity contribution >= 4 is 23.3 Å². The third-order valence-corrected chi connectivity index (χ3v) is 5.25. The lowest BCUT2D eigenvalue weighted by Gasteiger charge is -1.68. The van der Waals surface area contributed by atoms with Crippen molar-refractivity contribution in [2.45, 2.75) is 0 Å². The maximum Gasteiger partial charge on any atom is -0.00602 e. The van der Waals surface area contributed by atoms with Crippen molar-refractivity contribution in [3.8, 4) is 0 Å². The molecule has 2 atom stereocenters. The topological polar surface area (TPSA) is 0 Å². The highest BCUT2D eigenvalue weighted by molar-refractivity contribution is 9.00. The van der Waals surface area contributed by atoms with Crippen LogP contribution in [0.4, 0.5) is 0 Å². The van der Waals surface area contributed by atoms with Gasteiger partial charge >= 0.3 is 0 Å². The molecule has 1 heterocycles. The van der Waals surface area contributed by atoms with Crippen molar-refractivity contribution in [1.82, 2.24) is 0 Å².